The molecule has 142 valence electrons. The first-order chi connectivity index (χ1) is 12.1. The lowest BCUT2D eigenvalue weighted by atomic mass is 9.78. The Kier molecular flexibility index (Phi) is 6.05. The normalized spacial score (nSPS) is 12.0. The minimum atomic E-state index is 0.246. The number of aromatic hydroxyl groups is 2. The van der Waals surface area contributed by atoms with Gasteiger partial charge in [-0.1, -0.05) is 67.5 Å². The highest BCUT2D eigenvalue weighted by Crippen LogP contribution is 2.48. The molecule has 0 saturated heterocycles. The first kappa shape index (κ1) is 20.4. The number of rotatable bonds is 5. The molecule has 0 spiro atoms. The third-order valence-corrected chi connectivity index (χ3v) is 5.16. The van der Waals surface area contributed by atoms with Gasteiger partial charge in [0.15, 0.2) is 0 Å². The van der Waals surface area contributed by atoms with Crippen molar-refractivity contribution in [2.75, 3.05) is 0 Å². The maximum absolute atomic E-state index is 10.8. The first-order valence-corrected chi connectivity index (χ1v) is 9.79. The zero-order valence-corrected chi connectivity index (χ0v) is 17.5. The lowest BCUT2D eigenvalue weighted by Gasteiger charge is -2.26. The molecule has 0 unspecified atom stereocenters. The van der Waals surface area contributed by atoms with Crippen molar-refractivity contribution in [3.05, 3.63) is 46.5 Å². The Morgan fingerprint density at radius 2 is 0.808 bits per heavy atom. The van der Waals surface area contributed by atoms with Crippen LogP contribution in [0.25, 0.3) is 11.1 Å². The van der Waals surface area contributed by atoms with E-state index >= 15 is 0 Å². The van der Waals surface area contributed by atoms with Crippen molar-refractivity contribution < 1.29 is 10.2 Å². The van der Waals surface area contributed by atoms with Crippen LogP contribution in [0.2, 0.25) is 0 Å². The summed E-state index contributed by atoms with van der Waals surface area (Å²) >= 11 is 0. The van der Waals surface area contributed by atoms with Gasteiger partial charge in [0.1, 0.15) is 11.5 Å². The van der Waals surface area contributed by atoms with Crippen molar-refractivity contribution in [1.82, 2.24) is 0 Å². The molecule has 0 atom stereocenters. The lowest BCUT2D eigenvalue weighted by Crippen LogP contribution is -2.06. The molecule has 0 heterocycles. The summed E-state index contributed by atoms with van der Waals surface area (Å²) in [5.41, 5.74) is 6.34. The maximum atomic E-state index is 10.8. The molecule has 0 radical (unpaired) electrons. The molecule has 0 fully saturated rings. The molecule has 2 heteroatoms. The summed E-state index contributed by atoms with van der Waals surface area (Å²) in [6.07, 6.45) is 0. The molecule has 0 aliphatic carbocycles. The van der Waals surface area contributed by atoms with E-state index in [4.69, 9.17) is 0 Å². The van der Waals surface area contributed by atoms with E-state index in [1.54, 1.807) is 12.1 Å². The number of benzene rings is 2. The van der Waals surface area contributed by atoms with Crippen LogP contribution in [0.15, 0.2) is 24.3 Å². The highest BCUT2D eigenvalue weighted by molar-refractivity contribution is 5.84. The van der Waals surface area contributed by atoms with E-state index < -0.39 is 0 Å². The Morgan fingerprint density at radius 1 is 0.500 bits per heavy atom. The van der Waals surface area contributed by atoms with E-state index in [2.05, 4.69) is 55.4 Å². The largest absolute Gasteiger partial charge is 0.507 e. The average Bonchev–Trinajstić information content (AvgIpc) is 2.53. The van der Waals surface area contributed by atoms with Gasteiger partial charge in [-0.15, -0.1) is 0 Å². The molecule has 2 aromatic rings. The summed E-state index contributed by atoms with van der Waals surface area (Å²) in [7, 11) is 0. The van der Waals surface area contributed by atoms with Crippen molar-refractivity contribution in [2.45, 2.75) is 79.1 Å². The first-order valence-electron chi connectivity index (χ1n) is 9.79. The lowest BCUT2D eigenvalue weighted by molar-refractivity contribution is 0.466. The molecular formula is C24H34O2. The van der Waals surface area contributed by atoms with Gasteiger partial charge >= 0.3 is 0 Å². The fourth-order valence-corrected chi connectivity index (χ4v) is 4.02. The van der Waals surface area contributed by atoms with Crippen molar-refractivity contribution >= 4 is 0 Å². The van der Waals surface area contributed by atoms with Gasteiger partial charge in [0.05, 0.1) is 0 Å². The molecule has 0 aliphatic rings. The smallest absolute Gasteiger partial charge is 0.123 e. The summed E-state index contributed by atoms with van der Waals surface area (Å²) in [5.74, 6) is 1.69. The van der Waals surface area contributed by atoms with Crippen LogP contribution in [0.3, 0.4) is 0 Å². The second-order valence-corrected chi connectivity index (χ2v) is 8.54. The molecule has 2 aromatic carbocycles. The SMILES string of the molecule is CC(C)c1ccc(O)c(-c2c(O)ccc(C(C)C)c2C(C)C)c1C(C)C. The second-order valence-electron chi connectivity index (χ2n) is 8.54. The summed E-state index contributed by atoms with van der Waals surface area (Å²) < 4.78 is 0. The quantitative estimate of drug-likeness (QED) is 0.593. The number of hydrogen-bond acceptors (Lipinski definition) is 2. The minimum absolute atomic E-state index is 0.246. The van der Waals surface area contributed by atoms with Crippen LogP contribution in [0.4, 0.5) is 0 Å². The summed E-state index contributed by atoms with van der Waals surface area (Å²) in [6, 6.07) is 7.61. The molecule has 0 saturated carbocycles. The monoisotopic (exact) mass is 354 g/mol. The third kappa shape index (κ3) is 3.60. The van der Waals surface area contributed by atoms with Gasteiger partial charge < -0.3 is 10.2 Å². The van der Waals surface area contributed by atoms with E-state index in [0.717, 1.165) is 22.3 Å². The van der Waals surface area contributed by atoms with Crippen LogP contribution < -0.4 is 0 Å². The van der Waals surface area contributed by atoms with Crippen molar-refractivity contribution in [2.24, 2.45) is 0 Å². The van der Waals surface area contributed by atoms with Gasteiger partial charge in [0, 0.05) is 11.1 Å². The molecule has 0 bridgehead atoms. The summed E-state index contributed by atoms with van der Waals surface area (Å²) in [5, 5.41) is 21.7. The average molecular weight is 355 g/mol. The highest BCUT2D eigenvalue weighted by atomic mass is 16.3. The Hall–Kier alpha value is -1.96. The Bertz CT molecular complexity index is 716. The fourth-order valence-electron chi connectivity index (χ4n) is 4.02. The van der Waals surface area contributed by atoms with Crippen LogP contribution in [-0.4, -0.2) is 10.2 Å². The van der Waals surface area contributed by atoms with Gasteiger partial charge in [0.25, 0.3) is 0 Å². The topological polar surface area (TPSA) is 40.5 Å². The molecule has 26 heavy (non-hydrogen) atoms. The maximum Gasteiger partial charge on any atom is 0.123 e. The van der Waals surface area contributed by atoms with E-state index in [1.165, 1.54) is 11.1 Å². The number of phenolic OH excluding ortho intramolecular Hbond substituents is 2. The fraction of sp³-hybridized carbons (Fsp3) is 0.500. The van der Waals surface area contributed by atoms with E-state index in [0.29, 0.717) is 11.8 Å². The van der Waals surface area contributed by atoms with Gasteiger partial charge in [-0.05, 0) is 58.1 Å². The Morgan fingerprint density at radius 3 is 1.04 bits per heavy atom. The number of phenols is 2. The predicted octanol–water partition coefficient (Wildman–Crippen LogP) is 7.26. The summed E-state index contributed by atoms with van der Waals surface area (Å²) in [6.45, 7) is 17.3. The second kappa shape index (κ2) is 7.73. The molecule has 0 aromatic heterocycles. The van der Waals surface area contributed by atoms with Crippen LogP contribution in [0.1, 0.15) is 101 Å². The van der Waals surface area contributed by atoms with Crippen molar-refractivity contribution in [3.8, 4) is 22.6 Å². The molecule has 0 amide bonds. The predicted molar refractivity (Wildman–Crippen MR) is 112 cm³/mol. The standard InChI is InChI=1S/C24H34O2/c1-13(2)17-9-11-19(25)23(21(17)15(5)6)24-20(26)12-10-18(14(3)4)22(24)16(7)8/h9-16,25-26H,1-8H3. The number of hydrogen-bond donors (Lipinski definition) is 2. The molecule has 2 rings (SSSR count). The zero-order valence-electron chi connectivity index (χ0n) is 17.5. The minimum Gasteiger partial charge on any atom is -0.507 e. The highest BCUT2D eigenvalue weighted by Gasteiger charge is 2.26. The third-order valence-electron chi connectivity index (χ3n) is 5.16. The van der Waals surface area contributed by atoms with E-state index in [-0.39, 0.29) is 23.3 Å². The summed E-state index contributed by atoms with van der Waals surface area (Å²) in [4.78, 5) is 0. The van der Waals surface area contributed by atoms with Crippen LogP contribution in [0.5, 0.6) is 11.5 Å². The van der Waals surface area contributed by atoms with Gasteiger partial charge in [-0.3, -0.25) is 0 Å². The molecule has 0 aliphatic heterocycles. The Balaban J connectivity index is 3.01. The van der Waals surface area contributed by atoms with Crippen LogP contribution >= 0.6 is 0 Å². The zero-order chi connectivity index (χ0) is 19.8. The van der Waals surface area contributed by atoms with Crippen LogP contribution in [-0.2, 0) is 0 Å². The Labute approximate surface area is 158 Å². The van der Waals surface area contributed by atoms with Gasteiger partial charge in [-0.2, -0.15) is 0 Å². The van der Waals surface area contributed by atoms with Gasteiger partial charge in [-0.25, -0.2) is 0 Å². The van der Waals surface area contributed by atoms with Gasteiger partial charge in [0.2, 0.25) is 0 Å². The molecular weight excluding hydrogens is 320 g/mol. The van der Waals surface area contributed by atoms with Crippen molar-refractivity contribution in [1.29, 1.82) is 0 Å². The van der Waals surface area contributed by atoms with E-state index in [9.17, 15) is 10.2 Å². The van der Waals surface area contributed by atoms with E-state index in [1.807, 2.05) is 12.1 Å². The van der Waals surface area contributed by atoms with Crippen molar-refractivity contribution in [3.63, 3.8) is 0 Å². The van der Waals surface area contributed by atoms with Crippen LogP contribution in [0, 0.1) is 0 Å². The molecule has 2 nitrogen and oxygen atoms in total. The molecule has 2 N–H and O–H groups in total.